The van der Waals surface area contributed by atoms with Crippen molar-refractivity contribution in [3.63, 3.8) is 0 Å². The molecule has 0 spiro atoms. The number of amides is 1. The summed E-state index contributed by atoms with van der Waals surface area (Å²) in [7, 11) is -2.25. The Bertz CT molecular complexity index is 848. The number of carbonyl (C=O) groups excluding carboxylic acids is 1. The van der Waals surface area contributed by atoms with Crippen LogP contribution in [0.2, 0.25) is 0 Å². The highest BCUT2D eigenvalue weighted by atomic mass is 32.2. The average molecular weight is 376 g/mol. The van der Waals surface area contributed by atoms with Gasteiger partial charge in [-0.15, -0.1) is 0 Å². The molecule has 0 aromatic heterocycles. The van der Waals surface area contributed by atoms with Crippen molar-refractivity contribution in [1.82, 2.24) is 4.31 Å². The van der Waals surface area contributed by atoms with E-state index in [2.05, 4.69) is 5.32 Å². The first-order chi connectivity index (χ1) is 12.4. The van der Waals surface area contributed by atoms with Gasteiger partial charge in [0.1, 0.15) is 5.75 Å². The number of carbonyl (C=O) groups is 1. The van der Waals surface area contributed by atoms with Crippen LogP contribution in [0.1, 0.15) is 18.9 Å². The topological polar surface area (TPSA) is 75.7 Å². The number of anilines is 1. The van der Waals surface area contributed by atoms with Crippen molar-refractivity contribution in [2.24, 2.45) is 0 Å². The summed E-state index contributed by atoms with van der Waals surface area (Å²) in [5, 5.41) is 2.78. The number of benzene rings is 2. The van der Waals surface area contributed by atoms with Crippen LogP contribution in [-0.4, -0.2) is 38.8 Å². The van der Waals surface area contributed by atoms with E-state index in [4.69, 9.17) is 4.74 Å². The van der Waals surface area contributed by atoms with Crippen molar-refractivity contribution < 1.29 is 17.9 Å². The van der Waals surface area contributed by atoms with E-state index in [1.165, 1.54) is 23.5 Å². The standard InChI is InChI=1S/C19H24N2O4S/c1-4-13-21(14-19(22)20-18-8-6-5-7-15(18)2)26(23,24)17-11-9-16(25-3)10-12-17/h5-12H,4,13-14H2,1-3H3,(H,20,22). The van der Waals surface area contributed by atoms with Crippen molar-refractivity contribution in [3.8, 4) is 5.75 Å². The molecule has 0 aliphatic rings. The van der Waals surface area contributed by atoms with Crippen molar-refractivity contribution in [1.29, 1.82) is 0 Å². The number of sulfonamides is 1. The van der Waals surface area contributed by atoms with Crippen molar-refractivity contribution >= 4 is 21.6 Å². The number of aryl methyl sites for hydroxylation is 1. The van der Waals surface area contributed by atoms with Crippen LogP contribution in [0.25, 0.3) is 0 Å². The Balaban J connectivity index is 2.18. The Morgan fingerprint density at radius 3 is 2.35 bits per heavy atom. The van der Waals surface area contributed by atoms with Gasteiger partial charge in [-0.1, -0.05) is 25.1 Å². The lowest BCUT2D eigenvalue weighted by molar-refractivity contribution is -0.116. The molecule has 0 aliphatic heterocycles. The Hall–Kier alpha value is -2.38. The van der Waals surface area contributed by atoms with E-state index in [0.717, 1.165) is 5.56 Å². The van der Waals surface area contributed by atoms with E-state index in [0.29, 0.717) is 17.9 Å². The van der Waals surface area contributed by atoms with Crippen LogP contribution in [0.3, 0.4) is 0 Å². The summed E-state index contributed by atoms with van der Waals surface area (Å²) in [5.41, 5.74) is 1.59. The predicted molar refractivity (Wildman–Crippen MR) is 102 cm³/mol. The Kier molecular flexibility index (Phi) is 6.76. The van der Waals surface area contributed by atoms with Gasteiger partial charge in [0, 0.05) is 12.2 Å². The highest BCUT2D eigenvalue weighted by Gasteiger charge is 2.26. The highest BCUT2D eigenvalue weighted by molar-refractivity contribution is 7.89. The van der Waals surface area contributed by atoms with Crippen LogP contribution in [0.4, 0.5) is 5.69 Å². The summed E-state index contributed by atoms with van der Waals surface area (Å²) >= 11 is 0. The largest absolute Gasteiger partial charge is 0.497 e. The van der Waals surface area contributed by atoms with E-state index in [9.17, 15) is 13.2 Å². The smallest absolute Gasteiger partial charge is 0.243 e. The minimum Gasteiger partial charge on any atom is -0.497 e. The molecule has 2 rings (SSSR count). The second-order valence-corrected chi connectivity index (χ2v) is 7.82. The minimum atomic E-state index is -3.77. The first kappa shape index (κ1) is 19.9. The lowest BCUT2D eigenvalue weighted by Crippen LogP contribution is -2.38. The van der Waals surface area contributed by atoms with Crippen molar-refractivity contribution in [2.75, 3.05) is 25.5 Å². The van der Waals surface area contributed by atoms with Crippen LogP contribution in [-0.2, 0) is 14.8 Å². The summed E-state index contributed by atoms with van der Waals surface area (Å²) < 4.78 is 32.0. The molecule has 140 valence electrons. The maximum Gasteiger partial charge on any atom is 0.243 e. The van der Waals surface area contributed by atoms with Crippen LogP contribution in [0, 0.1) is 6.92 Å². The van der Waals surface area contributed by atoms with Crippen LogP contribution in [0.5, 0.6) is 5.75 Å². The number of nitrogens with zero attached hydrogens (tertiary/aromatic N) is 1. The molecule has 2 aromatic rings. The molecular weight excluding hydrogens is 352 g/mol. The third-order valence-corrected chi connectivity index (χ3v) is 5.77. The fourth-order valence-corrected chi connectivity index (χ4v) is 3.98. The zero-order chi connectivity index (χ0) is 19.2. The average Bonchev–Trinajstić information content (AvgIpc) is 2.63. The van der Waals surface area contributed by atoms with Crippen LogP contribution in [0.15, 0.2) is 53.4 Å². The van der Waals surface area contributed by atoms with Gasteiger partial charge < -0.3 is 10.1 Å². The molecule has 0 radical (unpaired) electrons. The predicted octanol–water partition coefficient (Wildman–Crippen LogP) is 3.04. The maximum atomic E-state index is 12.9. The zero-order valence-electron chi connectivity index (χ0n) is 15.2. The molecule has 1 amide bonds. The SMILES string of the molecule is CCCN(CC(=O)Nc1ccccc1C)S(=O)(=O)c1ccc(OC)cc1. The second kappa shape index (κ2) is 8.82. The molecule has 6 nitrogen and oxygen atoms in total. The Morgan fingerprint density at radius 2 is 1.77 bits per heavy atom. The highest BCUT2D eigenvalue weighted by Crippen LogP contribution is 2.20. The zero-order valence-corrected chi connectivity index (χ0v) is 16.0. The van der Waals surface area contributed by atoms with Gasteiger partial charge in [0.25, 0.3) is 0 Å². The molecule has 0 bridgehead atoms. The number of hydrogen-bond donors (Lipinski definition) is 1. The van der Waals surface area contributed by atoms with E-state index in [1.54, 1.807) is 18.2 Å². The van der Waals surface area contributed by atoms with Gasteiger partial charge in [-0.2, -0.15) is 4.31 Å². The third kappa shape index (κ3) is 4.83. The molecule has 0 aliphatic carbocycles. The van der Waals surface area contributed by atoms with Gasteiger partial charge in [0.05, 0.1) is 18.6 Å². The van der Waals surface area contributed by atoms with Crippen molar-refractivity contribution in [3.05, 3.63) is 54.1 Å². The fraction of sp³-hybridized carbons (Fsp3) is 0.316. The monoisotopic (exact) mass is 376 g/mol. The number of methoxy groups -OCH3 is 1. The lowest BCUT2D eigenvalue weighted by atomic mass is 10.2. The van der Waals surface area contributed by atoms with E-state index in [-0.39, 0.29) is 23.9 Å². The first-order valence-electron chi connectivity index (χ1n) is 8.38. The molecule has 1 N–H and O–H groups in total. The molecule has 0 fully saturated rings. The summed E-state index contributed by atoms with van der Waals surface area (Å²) in [4.78, 5) is 12.5. The van der Waals surface area contributed by atoms with Crippen LogP contribution < -0.4 is 10.1 Å². The Labute approximate surface area is 154 Å². The number of hydrogen-bond acceptors (Lipinski definition) is 4. The second-order valence-electron chi connectivity index (χ2n) is 5.88. The molecule has 0 unspecified atom stereocenters. The fourth-order valence-electron chi connectivity index (χ4n) is 2.49. The van der Waals surface area contributed by atoms with Gasteiger partial charge in [0.15, 0.2) is 0 Å². The molecule has 0 atom stereocenters. The Morgan fingerprint density at radius 1 is 1.12 bits per heavy atom. The summed E-state index contributed by atoms with van der Waals surface area (Å²) in [6.45, 7) is 3.77. The molecule has 2 aromatic carbocycles. The van der Waals surface area contributed by atoms with Gasteiger partial charge in [-0.05, 0) is 49.2 Å². The maximum absolute atomic E-state index is 12.9. The summed E-state index contributed by atoms with van der Waals surface area (Å²) in [5.74, 6) is 0.202. The summed E-state index contributed by atoms with van der Waals surface area (Å²) in [6, 6.07) is 13.5. The van der Waals surface area contributed by atoms with Gasteiger partial charge >= 0.3 is 0 Å². The molecule has 7 heteroatoms. The van der Waals surface area contributed by atoms with E-state index < -0.39 is 10.0 Å². The van der Waals surface area contributed by atoms with Gasteiger partial charge in [-0.3, -0.25) is 4.79 Å². The third-order valence-electron chi connectivity index (χ3n) is 3.91. The molecule has 26 heavy (non-hydrogen) atoms. The van der Waals surface area contributed by atoms with E-state index >= 15 is 0 Å². The summed E-state index contributed by atoms with van der Waals surface area (Å²) in [6.07, 6.45) is 0.604. The van der Waals surface area contributed by atoms with E-state index in [1.807, 2.05) is 32.0 Å². The molecular formula is C19H24N2O4S. The molecule has 0 heterocycles. The number of para-hydroxylation sites is 1. The molecule has 0 saturated carbocycles. The van der Waals surface area contributed by atoms with Gasteiger partial charge in [0.2, 0.25) is 15.9 Å². The first-order valence-corrected chi connectivity index (χ1v) is 9.82. The molecule has 0 saturated heterocycles. The number of rotatable bonds is 8. The van der Waals surface area contributed by atoms with Gasteiger partial charge in [-0.25, -0.2) is 8.42 Å². The number of nitrogens with one attached hydrogen (secondary N) is 1. The van der Waals surface area contributed by atoms with Crippen molar-refractivity contribution in [2.45, 2.75) is 25.2 Å². The normalized spacial score (nSPS) is 11.4. The minimum absolute atomic E-state index is 0.135. The van der Waals surface area contributed by atoms with Crippen LogP contribution >= 0.6 is 0 Å². The quantitative estimate of drug-likeness (QED) is 0.768. The number of ether oxygens (including phenoxy) is 1. The lowest BCUT2D eigenvalue weighted by Gasteiger charge is -2.21.